The van der Waals surface area contributed by atoms with Gasteiger partial charge in [-0.15, -0.1) is 0 Å². The van der Waals surface area contributed by atoms with Crippen LogP contribution in [0.1, 0.15) is 52.1 Å². The summed E-state index contributed by atoms with van der Waals surface area (Å²) < 4.78 is 19.7. The van der Waals surface area contributed by atoms with Gasteiger partial charge >= 0.3 is 6.09 Å². The molecule has 1 atom stereocenters. The minimum atomic E-state index is -0.573. The molecule has 1 amide bonds. The topological polar surface area (TPSA) is 38.3 Å². The third-order valence-electron chi connectivity index (χ3n) is 2.63. The third-order valence-corrected chi connectivity index (χ3v) is 3.24. The van der Waals surface area contributed by atoms with Gasteiger partial charge in [0.15, 0.2) is 0 Å². The fraction of sp³-hybridized carbons (Fsp3) is 0.533. The quantitative estimate of drug-likeness (QED) is 0.837. The average molecular weight is 346 g/mol. The lowest BCUT2D eigenvalue weighted by Gasteiger charge is -2.24. The van der Waals surface area contributed by atoms with E-state index in [4.69, 9.17) is 4.74 Å². The maximum atomic E-state index is 14.1. The van der Waals surface area contributed by atoms with Crippen molar-refractivity contribution in [1.29, 1.82) is 0 Å². The van der Waals surface area contributed by atoms with Crippen LogP contribution in [0.3, 0.4) is 0 Å². The van der Waals surface area contributed by atoms with Crippen LogP contribution in [0.15, 0.2) is 22.7 Å². The number of nitrogens with one attached hydrogen (secondary N) is 1. The van der Waals surface area contributed by atoms with E-state index >= 15 is 0 Å². The van der Waals surface area contributed by atoms with E-state index in [9.17, 15) is 9.18 Å². The summed E-state index contributed by atoms with van der Waals surface area (Å²) >= 11 is 3.16. The van der Waals surface area contributed by atoms with Gasteiger partial charge in [0, 0.05) is 5.56 Å². The summed E-state index contributed by atoms with van der Waals surface area (Å²) in [5.41, 5.74) is -0.108. The highest BCUT2D eigenvalue weighted by Crippen LogP contribution is 2.26. The maximum absolute atomic E-state index is 14.1. The fourth-order valence-electron chi connectivity index (χ4n) is 1.83. The molecule has 20 heavy (non-hydrogen) atoms. The van der Waals surface area contributed by atoms with Crippen molar-refractivity contribution in [2.45, 2.75) is 52.2 Å². The highest BCUT2D eigenvalue weighted by atomic mass is 79.9. The molecule has 0 aliphatic heterocycles. The van der Waals surface area contributed by atoms with E-state index in [1.165, 1.54) is 0 Å². The zero-order valence-corrected chi connectivity index (χ0v) is 13.9. The molecule has 1 rings (SSSR count). The number of rotatable bonds is 4. The van der Waals surface area contributed by atoms with Gasteiger partial charge in [0.25, 0.3) is 0 Å². The first-order chi connectivity index (χ1) is 9.24. The largest absolute Gasteiger partial charge is 0.444 e. The van der Waals surface area contributed by atoms with Crippen LogP contribution in [0.5, 0.6) is 0 Å². The first-order valence-electron chi connectivity index (χ1n) is 6.68. The average Bonchev–Trinajstić information content (AvgIpc) is 2.30. The molecule has 0 aliphatic rings. The van der Waals surface area contributed by atoms with E-state index < -0.39 is 17.7 Å². The summed E-state index contributed by atoms with van der Waals surface area (Å²) in [5, 5.41) is 2.74. The third kappa shape index (κ3) is 5.12. The van der Waals surface area contributed by atoms with E-state index in [0.717, 1.165) is 6.42 Å². The molecule has 112 valence electrons. The predicted molar refractivity (Wildman–Crippen MR) is 81.1 cm³/mol. The second-order valence-electron chi connectivity index (χ2n) is 5.63. The Kier molecular flexibility index (Phi) is 5.99. The van der Waals surface area contributed by atoms with Crippen molar-refractivity contribution in [3.05, 3.63) is 34.1 Å². The molecule has 0 fully saturated rings. The van der Waals surface area contributed by atoms with Crippen LogP contribution in [-0.2, 0) is 4.74 Å². The van der Waals surface area contributed by atoms with Crippen molar-refractivity contribution >= 4 is 22.0 Å². The van der Waals surface area contributed by atoms with Crippen molar-refractivity contribution in [1.82, 2.24) is 5.32 Å². The van der Waals surface area contributed by atoms with Crippen LogP contribution >= 0.6 is 15.9 Å². The summed E-state index contributed by atoms with van der Waals surface area (Å²) in [6.07, 6.45) is 0.939. The SMILES string of the molecule is CCC[C@@H](NC(=O)OC(C)(C)C)c1cccc(Br)c1F. The number of hydrogen-bond acceptors (Lipinski definition) is 2. The van der Waals surface area contributed by atoms with Crippen molar-refractivity contribution in [2.24, 2.45) is 0 Å². The molecule has 0 radical (unpaired) electrons. The number of hydrogen-bond donors (Lipinski definition) is 1. The zero-order chi connectivity index (χ0) is 15.3. The maximum Gasteiger partial charge on any atom is 0.408 e. The van der Waals surface area contributed by atoms with Gasteiger partial charge in [0.2, 0.25) is 0 Å². The van der Waals surface area contributed by atoms with Crippen LogP contribution in [0.2, 0.25) is 0 Å². The molecular weight excluding hydrogens is 325 g/mol. The van der Waals surface area contributed by atoms with E-state index in [0.29, 0.717) is 16.5 Å². The minimum Gasteiger partial charge on any atom is -0.444 e. The van der Waals surface area contributed by atoms with Gasteiger partial charge in [-0.3, -0.25) is 0 Å². The number of halogens is 2. The first-order valence-corrected chi connectivity index (χ1v) is 7.47. The summed E-state index contributed by atoms with van der Waals surface area (Å²) in [5.74, 6) is -0.345. The van der Waals surface area contributed by atoms with E-state index in [2.05, 4.69) is 21.2 Å². The van der Waals surface area contributed by atoms with E-state index in [1.54, 1.807) is 39.0 Å². The monoisotopic (exact) mass is 345 g/mol. The number of ether oxygens (including phenoxy) is 1. The normalized spacial score (nSPS) is 12.9. The van der Waals surface area contributed by atoms with Gasteiger partial charge in [0.1, 0.15) is 11.4 Å². The highest BCUT2D eigenvalue weighted by molar-refractivity contribution is 9.10. The Morgan fingerprint density at radius 1 is 1.45 bits per heavy atom. The van der Waals surface area contributed by atoms with Crippen molar-refractivity contribution in [3.8, 4) is 0 Å². The molecule has 1 aromatic carbocycles. The van der Waals surface area contributed by atoms with Gasteiger partial charge < -0.3 is 10.1 Å². The molecule has 0 bridgehead atoms. The molecule has 0 aliphatic carbocycles. The van der Waals surface area contributed by atoms with Crippen molar-refractivity contribution in [2.75, 3.05) is 0 Å². The molecule has 0 saturated carbocycles. The van der Waals surface area contributed by atoms with E-state index in [1.807, 2.05) is 6.92 Å². The van der Waals surface area contributed by atoms with Gasteiger partial charge in [0.05, 0.1) is 10.5 Å². The van der Waals surface area contributed by atoms with Crippen molar-refractivity contribution < 1.29 is 13.9 Å². The molecule has 3 nitrogen and oxygen atoms in total. The lowest BCUT2D eigenvalue weighted by Crippen LogP contribution is -2.35. The Morgan fingerprint density at radius 3 is 2.65 bits per heavy atom. The molecule has 0 spiro atoms. The van der Waals surface area contributed by atoms with Gasteiger partial charge in [-0.1, -0.05) is 25.5 Å². The van der Waals surface area contributed by atoms with E-state index in [-0.39, 0.29) is 5.82 Å². The number of carbonyl (C=O) groups excluding carboxylic acids is 1. The molecule has 0 aromatic heterocycles. The number of carbonyl (C=O) groups is 1. The van der Waals surface area contributed by atoms with Crippen LogP contribution < -0.4 is 5.32 Å². The van der Waals surface area contributed by atoms with Gasteiger partial charge in [-0.25, -0.2) is 9.18 Å². The fourth-order valence-corrected chi connectivity index (χ4v) is 2.22. The highest BCUT2D eigenvalue weighted by Gasteiger charge is 2.22. The number of amides is 1. The Balaban J connectivity index is 2.89. The summed E-state index contributed by atoms with van der Waals surface area (Å²) in [6, 6.07) is 4.67. The molecule has 1 N–H and O–H groups in total. The molecule has 5 heteroatoms. The van der Waals surface area contributed by atoms with Crippen LogP contribution in [0.4, 0.5) is 9.18 Å². The van der Waals surface area contributed by atoms with Crippen molar-refractivity contribution in [3.63, 3.8) is 0 Å². The Morgan fingerprint density at radius 2 is 2.10 bits per heavy atom. The second kappa shape index (κ2) is 7.07. The minimum absolute atomic E-state index is 0.345. The first kappa shape index (κ1) is 17.0. The molecule has 0 saturated heterocycles. The summed E-state index contributed by atoms with van der Waals surface area (Å²) in [7, 11) is 0. The van der Waals surface area contributed by atoms with Gasteiger partial charge in [-0.05, 0) is 49.2 Å². The molecule has 0 unspecified atom stereocenters. The zero-order valence-electron chi connectivity index (χ0n) is 12.3. The number of alkyl carbamates (subject to hydrolysis) is 1. The standard InChI is InChI=1S/C15H21BrFNO2/c1-5-7-12(18-14(19)20-15(2,3)4)10-8-6-9-11(16)13(10)17/h6,8-9,12H,5,7H2,1-4H3,(H,18,19)/t12-/m1/s1. The summed E-state index contributed by atoms with van der Waals surface area (Å²) in [6.45, 7) is 7.36. The molecule has 1 aromatic rings. The van der Waals surface area contributed by atoms with Crippen LogP contribution in [0.25, 0.3) is 0 Å². The Labute approximate surface area is 128 Å². The predicted octanol–water partition coefficient (Wildman–Crippen LogP) is 4.95. The lowest BCUT2D eigenvalue weighted by atomic mass is 10.0. The second-order valence-corrected chi connectivity index (χ2v) is 6.48. The molecule has 0 heterocycles. The smallest absolute Gasteiger partial charge is 0.408 e. The Bertz CT molecular complexity index is 471. The van der Waals surface area contributed by atoms with Crippen LogP contribution in [-0.4, -0.2) is 11.7 Å². The number of benzene rings is 1. The molecular formula is C15H21BrFNO2. The van der Waals surface area contributed by atoms with Gasteiger partial charge in [-0.2, -0.15) is 0 Å². The lowest BCUT2D eigenvalue weighted by molar-refractivity contribution is 0.0500. The van der Waals surface area contributed by atoms with Crippen LogP contribution in [0, 0.1) is 5.82 Å². The Hall–Kier alpha value is -1.10. The summed E-state index contributed by atoms with van der Waals surface area (Å²) in [4.78, 5) is 11.8.